The van der Waals surface area contributed by atoms with Crippen molar-refractivity contribution in [2.24, 2.45) is 0 Å². The molecule has 0 bridgehead atoms. The van der Waals surface area contributed by atoms with E-state index < -0.39 is 34.4 Å². The lowest BCUT2D eigenvalue weighted by Gasteiger charge is -2.14. The van der Waals surface area contributed by atoms with Crippen LogP contribution in [0.15, 0.2) is 42.5 Å². The number of amides is 2. The second-order valence-electron chi connectivity index (χ2n) is 6.10. The lowest BCUT2D eigenvalue weighted by atomic mass is 10.1. The van der Waals surface area contributed by atoms with E-state index in [1.54, 1.807) is 24.3 Å². The molecule has 0 fully saturated rings. The summed E-state index contributed by atoms with van der Waals surface area (Å²) in [6.07, 6.45) is -1.27. The number of carbonyl (C=O) groups is 3. The first kappa shape index (κ1) is 21.5. The van der Waals surface area contributed by atoms with E-state index in [0.29, 0.717) is 11.3 Å². The second-order valence-corrected chi connectivity index (χ2v) is 6.10. The number of ether oxygens (including phenoxy) is 1. The fourth-order valence-corrected chi connectivity index (χ4v) is 2.34. The zero-order chi connectivity index (χ0) is 21.6. The van der Waals surface area contributed by atoms with E-state index in [9.17, 15) is 28.9 Å². The third-order valence-electron chi connectivity index (χ3n) is 3.71. The van der Waals surface area contributed by atoms with Crippen molar-refractivity contribution in [1.29, 1.82) is 0 Å². The first-order valence-corrected chi connectivity index (χ1v) is 8.46. The molecule has 9 nitrogen and oxygen atoms in total. The van der Waals surface area contributed by atoms with Crippen molar-refractivity contribution in [1.82, 2.24) is 0 Å². The molecule has 0 saturated carbocycles. The van der Waals surface area contributed by atoms with E-state index in [2.05, 4.69) is 10.6 Å². The molecule has 0 radical (unpaired) electrons. The third-order valence-corrected chi connectivity index (χ3v) is 3.71. The first-order valence-electron chi connectivity index (χ1n) is 8.46. The average molecular weight is 403 g/mol. The van der Waals surface area contributed by atoms with E-state index in [0.717, 1.165) is 18.2 Å². The molecule has 0 spiro atoms. The van der Waals surface area contributed by atoms with Crippen LogP contribution >= 0.6 is 0 Å². The maximum atomic E-state index is 13.3. The molecule has 0 aliphatic heterocycles. The third kappa shape index (κ3) is 6.38. The van der Waals surface area contributed by atoms with Gasteiger partial charge in [-0.1, -0.05) is 12.1 Å². The van der Waals surface area contributed by atoms with Gasteiger partial charge in [0.25, 0.3) is 5.91 Å². The van der Waals surface area contributed by atoms with Gasteiger partial charge in [0.1, 0.15) is 0 Å². The fourth-order valence-electron chi connectivity index (χ4n) is 2.34. The number of esters is 1. The molecule has 10 heteroatoms. The molecule has 2 N–H and O–H groups in total. The van der Waals surface area contributed by atoms with Crippen LogP contribution in [0.2, 0.25) is 0 Å². The zero-order valence-electron chi connectivity index (χ0n) is 15.6. The van der Waals surface area contributed by atoms with E-state index >= 15 is 0 Å². The van der Waals surface area contributed by atoms with Crippen molar-refractivity contribution in [2.75, 3.05) is 10.6 Å². The van der Waals surface area contributed by atoms with Crippen LogP contribution in [-0.4, -0.2) is 28.8 Å². The quantitative estimate of drug-likeness (QED) is 0.416. The summed E-state index contributed by atoms with van der Waals surface area (Å²) in [5.74, 6) is -2.63. The number of nitrogens with one attached hydrogen (secondary N) is 2. The predicted molar refractivity (Wildman–Crippen MR) is 102 cm³/mol. The molecule has 2 amide bonds. The highest BCUT2D eigenvalue weighted by Crippen LogP contribution is 2.22. The number of nitro groups is 1. The maximum Gasteiger partial charge on any atom is 0.311 e. The van der Waals surface area contributed by atoms with Crippen LogP contribution in [0.3, 0.4) is 0 Å². The standard InChI is InChI=1S/C19H18FN3O6/c1-11(19(26)22-15-7-8-16(20)17(10-15)23(27)28)29-18(25)9-13-3-5-14(6-4-13)21-12(2)24/h3-8,10-11H,9H2,1-2H3,(H,21,24)(H,22,26)/t11-/m0/s1. The summed E-state index contributed by atoms with van der Waals surface area (Å²) in [7, 11) is 0. The lowest BCUT2D eigenvalue weighted by Crippen LogP contribution is -2.30. The molecular formula is C19H18FN3O6. The Morgan fingerprint density at radius 2 is 1.72 bits per heavy atom. The summed E-state index contributed by atoms with van der Waals surface area (Å²) in [5.41, 5.74) is 0.413. The molecule has 0 aliphatic rings. The van der Waals surface area contributed by atoms with Gasteiger partial charge in [-0.3, -0.25) is 24.5 Å². The Hall–Kier alpha value is -3.82. The molecule has 152 valence electrons. The van der Waals surface area contributed by atoms with Crippen molar-refractivity contribution in [3.63, 3.8) is 0 Å². The van der Waals surface area contributed by atoms with Gasteiger partial charge in [-0.25, -0.2) is 0 Å². The summed E-state index contributed by atoms with van der Waals surface area (Å²) in [4.78, 5) is 45.0. The van der Waals surface area contributed by atoms with Crippen LogP contribution in [-0.2, 0) is 25.5 Å². The monoisotopic (exact) mass is 403 g/mol. The average Bonchev–Trinajstić information content (AvgIpc) is 2.64. The van der Waals surface area contributed by atoms with Crippen molar-refractivity contribution in [3.05, 3.63) is 64.0 Å². The van der Waals surface area contributed by atoms with Gasteiger partial charge < -0.3 is 15.4 Å². The number of benzene rings is 2. The molecule has 2 aromatic rings. The fraction of sp³-hybridized carbons (Fsp3) is 0.211. The number of hydrogen-bond acceptors (Lipinski definition) is 6. The Morgan fingerprint density at radius 3 is 2.31 bits per heavy atom. The number of anilines is 2. The Balaban J connectivity index is 1.92. The molecule has 0 aliphatic carbocycles. The minimum atomic E-state index is -1.18. The number of rotatable bonds is 7. The Bertz CT molecular complexity index is 945. The molecular weight excluding hydrogens is 385 g/mol. The normalized spacial score (nSPS) is 11.3. The largest absolute Gasteiger partial charge is 0.452 e. The number of halogens is 1. The molecule has 2 aromatic carbocycles. The van der Waals surface area contributed by atoms with Crippen molar-refractivity contribution < 1.29 is 28.4 Å². The van der Waals surface area contributed by atoms with Crippen LogP contribution in [0.4, 0.5) is 21.5 Å². The predicted octanol–water partition coefficient (Wildman–Crippen LogP) is 2.81. The summed E-state index contributed by atoms with van der Waals surface area (Å²) < 4.78 is 18.4. The molecule has 29 heavy (non-hydrogen) atoms. The van der Waals surface area contributed by atoms with Crippen LogP contribution in [0, 0.1) is 15.9 Å². The van der Waals surface area contributed by atoms with E-state index in [-0.39, 0.29) is 18.0 Å². The van der Waals surface area contributed by atoms with Crippen LogP contribution in [0.25, 0.3) is 0 Å². The Labute approximate surface area is 165 Å². The molecule has 0 saturated heterocycles. The van der Waals surface area contributed by atoms with Gasteiger partial charge in [0.15, 0.2) is 6.10 Å². The van der Waals surface area contributed by atoms with E-state index in [1.807, 2.05) is 0 Å². The van der Waals surface area contributed by atoms with E-state index in [1.165, 1.54) is 13.8 Å². The minimum absolute atomic E-state index is 0.000408. The van der Waals surface area contributed by atoms with Gasteiger partial charge in [0, 0.05) is 24.4 Å². The summed E-state index contributed by atoms with van der Waals surface area (Å²) in [6, 6.07) is 9.41. The van der Waals surface area contributed by atoms with Crippen molar-refractivity contribution in [2.45, 2.75) is 26.4 Å². The molecule has 0 unspecified atom stereocenters. The number of nitrogens with zero attached hydrogens (tertiary/aromatic N) is 1. The van der Waals surface area contributed by atoms with Crippen molar-refractivity contribution >= 4 is 34.8 Å². The summed E-state index contributed by atoms with van der Waals surface area (Å²) in [5, 5.41) is 15.7. The van der Waals surface area contributed by atoms with Crippen LogP contribution < -0.4 is 10.6 Å². The molecule has 0 aromatic heterocycles. The highest BCUT2D eigenvalue weighted by Gasteiger charge is 2.20. The highest BCUT2D eigenvalue weighted by molar-refractivity contribution is 5.95. The molecule has 2 rings (SSSR count). The number of carbonyl (C=O) groups excluding carboxylic acids is 3. The number of nitro benzene ring substituents is 1. The Morgan fingerprint density at radius 1 is 1.10 bits per heavy atom. The van der Waals surface area contributed by atoms with Gasteiger partial charge in [-0.15, -0.1) is 0 Å². The van der Waals surface area contributed by atoms with Gasteiger partial charge in [-0.2, -0.15) is 4.39 Å². The van der Waals surface area contributed by atoms with Crippen molar-refractivity contribution in [3.8, 4) is 0 Å². The maximum absolute atomic E-state index is 13.3. The SMILES string of the molecule is CC(=O)Nc1ccc(CC(=O)O[C@@H](C)C(=O)Nc2ccc(F)c([N+](=O)[O-])c2)cc1. The summed E-state index contributed by atoms with van der Waals surface area (Å²) in [6.45, 7) is 2.72. The first-order chi connectivity index (χ1) is 13.7. The smallest absolute Gasteiger partial charge is 0.311 e. The van der Waals surface area contributed by atoms with Gasteiger partial charge in [-0.05, 0) is 36.8 Å². The van der Waals surface area contributed by atoms with Gasteiger partial charge >= 0.3 is 11.7 Å². The van der Waals surface area contributed by atoms with Gasteiger partial charge in [0.2, 0.25) is 11.7 Å². The highest BCUT2D eigenvalue weighted by atomic mass is 19.1. The van der Waals surface area contributed by atoms with E-state index in [4.69, 9.17) is 4.74 Å². The lowest BCUT2D eigenvalue weighted by molar-refractivity contribution is -0.387. The second kappa shape index (κ2) is 9.40. The Kier molecular flexibility index (Phi) is 6.96. The topological polar surface area (TPSA) is 128 Å². The van der Waals surface area contributed by atoms with Crippen LogP contribution in [0.1, 0.15) is 19.4 Å². The molecule has 1 atom stereocenters. The summed E-state index contributed by atoms with van der Waals surface area (Å²) >= 11 is 0. The zero-order valence-corrected chi connectivity index (χ0v) is 15.6. The minimum Gasteiger partial charge on any atom is -0.452 e. The molecule has 0 heterocycles. The van der Waals surface area contributed by atoms with Crippen LogP contribution in [0.5, 0.6) is 0 Å². The van der Waals surface area contributed by atoms with Gasteiger partial charge in [0.05, 0.1) is 11.3 Å². The number of hydrogen-bond donors (Lipinski definition) is 2.